The molecule has 0 radical (unpaired) electrons. The Hall–Kier alpha value is -1.90. The predicted molar refractivity (Wildman–Crippen MR) is 104 cm³/mol. The summed E-state index contributed by atoms with van der Waals surface area (Å²) in [5.74, 6) is 0.666. The molecule has 1 amide bonds. The zero-order valence-electron chi connectivity index (χ0n) is 16.3. The van der Waals surface area contributed by atoms with E-state index in [0.717, 1.165) is 35.3 Å². The van der Waals surface area contributed by atoms with E-state index in [0.29, 0.717) is 37.7 Å². The molecule has 0 saturated carbocycles. The van der Waals surface area contributed by atoms with Crippen molar-refractivity contribution in [3.63, 3.8) is 0 Å². The van der Waals surface area contributed by atoms with Gasteiger partial charge in [0, 0.05) is 26.2 Å². The molecule has 0 atom stereocenters. The summed E-state index contributed by atoms with van der Waals surface area (Å²) in [6.45, 7) is 5.41. The van der Waals surface area contributed by atoms with Gasteiger partial charge in [-0.15, -0.1) is 0 Å². The van der Waals surface area contributed by atoms with Crippen LogP contribution < -0.4 is 4.74 Å². The van der Waals surface area contributed by atoms with Crippen LogP contribution in [0.1, 0.15) is 32.3 Å². The highest BCUT2D eigenvalue weighted by molar-refractivity contribution is 7.89. The summed E-state index contributed by atoms with van der Waals surface area (Å²) in [6.07, 6.45) is 1.78. The smallest absolute Gasteiger partial charge is 0.243 e. The van der Waals surface area contributed by atoms with Gasteiger partial charge in [-0.3, -0.25) is 4.79 Å². The molecule has 1 N–H and O–H groups in total. The number of hydrogen-bond acceptors (Lipinski definition) is 5. The van der Waals surface area contributed by atoms with Crippen LogP contribution in [-0.2, 0) is 21.2 Å². The summed E-state index contributed by atoms with van der Waals surface area (Å²) in [5.41, 5.74) is 1.88. The number of nitrogens with zero attached hydrogens (tertiary/aromatic N) is 2. The average Bonchev–Trinajstić information content (AvgIpc) is 3.19. The molecule has 4 rings (SSSR count). The van der Waals surface area contributed by atoms with Crippen molar-refractivity contribution in [3.05, 3.63) is 34.9 Å². The highest BCUT2D eigenvalue weighted by Gasteiger charge is 2.38. The van der Waals surface area contributed by atoms with Gasteiger partial charge >= 0.3 is 0 Å². The van der Waals surface area contributed by atoms with Gasteiger partial charge in [0.1, 0.15) is 5.75 Å². The first-order valence-electron chi connectivity index (χ1n) is 9.59. The molecule has 0 fully saturated rings. The number of carbonyl (C=O) groups is 1. The van der Waals surface area contributed by atoms with Gasteiger partial charge in [-0.05, 0) is 61.6 Å². The number of rotatable bonds is 4. The average molecular weight is 407 g/mol. The molecule has 8 heteroatoms. The van der Waals surface area contributed by atoms with Gasteiger partial charge in [-0.25, -0.2) is 8.42 Å². The maximum absolute atomic E-state index is 13.1. The fraction of sp³-hybridized carbons (Fsp3) is 0.550. The second kappa shape index (κ2) is 6.86. The van der Waals surface area contributed by atoms with E-state index in [1.54, 1.807) is 36.9 Å². The number of ether oxygens (including phenoxy) is 1. The van der Waals surface area contributed by atoms with Crippen molar-refractivity contribution < 1.29 is 23.1 Å². The summed E-state index contributed by atoms with van der Waals surface area (Å²) in [6, 6.07) is 5.09. The fourth-order valence-corrected chi connectivity index (χ4v) is 5.50. The van der Waals surface area contributed by atoms with Gasteiger partial charge in [0.2, 0.25) is 15.9 Å². The van der Waals surface area contributed by atoms with E-state index in [9.17, 15) is 18.3 Å². The monoisotopic (exact) mass is 406 g/mol. The lowest BCUT2D eigenvalue weighted by atomic mass is 10.1. The number of aliphatic hydroxyl groups is 1. The van der Waals surface area contributed by atoms with Crippen LogP contribution in [0.2, 0.25) is 0 Å². The minimum Gasteiger partial charge on any atom is -0.493 e. The van der Waals surface area contributed by atoms with Crippen LogP contribution in [0.15, 0.2) is 34.2 Å². The zero-order valence-corrected chi connectivity index (χ0v) is 17.1. The Morgan fingerprint density at radius 3 is 2.50 bits per heavy atom. The van der Waals surface area contributed by atoms with Crippen molar-refractivity contribution in [2.45, 2.75) is 43.6 Å². The predicted octanol–water partition coefficient (Wildman–Crippen LogP) is 1.32. The lowest BCUT2D eigenvalue weighted by Crippen LogP contribution is -2.39. The molecule has 7 nitrogen and oxygen atoms in total. The second-order valence-corrected chi connectivity index (χ2v) is 10.4. The first-order chi connectivity index (χ1) is 13.1. The van der Waals surface area contributed by atoms with Crippen LogP contribution in [0, 0.1) is 0 Å². The molecule has 3 heterocycles. The van der Waals surface area contributed by atoms with Crippen LogP contribution in [0.5, 0.6) is 5.75 Å². The molecule has 0 spiro atoms. The molecule has 1 aromatic carbocycles. The van der Waals surface area contributed by atoms with E-state index in [-0.39, 0.29) is 12.3 Å². The molecule has 0 unspecified atom stereocenters. The second-order valence-electron chi connectivity index (χ2n) is 8.44. The molecule has 3 aliphatic heterocycles. The largest absolute Gasteiger partial charge is 0.493 e. The third-order valence-electron chi connectivity index (χ3n) is 5.45. The number of hydrogen-bond donors (Lipinski definition) is 1. The highest BCUT2D eigenvalue weighted by Crippen LogP contribution is 2.33. The number of carbonyl (C=O) groups excluding carboxylic acids is 1. The van der Waals surface area contributed by atoms with Crippen molar-refractivity contribution in [2.24, 2.45) is 0 Å². The van der Waals surface area contributed by atoms with Crippen LogP contribution in [0.25, 0.3) is 0 Å². The molecule has 0 aliphatic carbocycles. The molecule has 0 bridgehead atoms. The van der Waals surface area contributed by atoms with E-state index in [4.69, 9.17) is 4.74 Å². The van der Waals surface area contributed by atoms with Crippen molar-refractivity contribution in [1.82, 2.24) is 9.21 Å². The van der Waals surface area contributed by atoms with E-state index in [2.05, 4.69) is 0 Å². The molecule has 28 heavy (non-hydrogen) atoms. The molecular weight excluding hydrogens is 380 g/mol. The summed E-state index contributed by atoms with van der Waals surface area (Å²) in [5, 5.41) is 9.85. The van der Waals surface area contributed by atoms with E-state index >= 15 is 0 Å². The molecule has 0 aromatic heterocycles. The van der Waals surface area contributed by atoms with E-state index in [1.807, 2.05) is 0 Å². The van der Waals surface area contributed by atoms with Gasteiger partial charge in [0.05, 0.1) is 23.5 Å². The van der Waals surface area contributed by atoms with E-state index in [1.165, 1.54) is 4.31 Å². The SMILES string of the molecule is CC(C)(O)CC(=O)N1CC2=C(C1)CN(S(=O)(=O)c1ccc3c(c1)CCCO3)C2. The highest BCUT2D eigenvalue weighted by atomic mass is 32.2. The number of fused-ring (bicyclic) bond motifs is 1. The van der Waals surface area contributed by atoms with Crippen LogP contribution in [-0.4, -0.2) is 67.0 Å². The van der Waals surface area contributed by atoms with E-state index < -0.39 is 15.6 Å². The lowest BCUT2D eigenvalue weighted by molar-refractivity contribution is -0.134. The van der Waals surface area contributed by atoms with Gasteiger partial charge in [0.15, 0.2) is 0 Å². The Kier molecular flexibility index (Phi) is 4.76. The Morgan fingerprint density at radius 2 is 1.86 bits per heavy atom. The van der Waals surface area contributed by atoms with Crippen molar-refractivity contribution >= 4 is 15.9 Å². The van der Waals surface area contributed by atoms with Crippen LogP contribution in [0.4, 0.5) is 0 Å². The Balaban J connectivity index is 1.44. The standard InChI is InChI=1S/C20H26N2O5S/c1-20(2,24)9-19(23)21-10-15-12-22(13-16(15)11-21)28(25,26)17-5-6-18-14(8-17)4-3-7-27-18/h5-6,8,24H,3-4,7,9-13H2,1-2H3. The quantitative estimate of drug-likeness (QED) is 0.762. The normalized spacial score (nSPS) is 20.2. The summed E-state index contributed by atoms with van der Waals surface area (Å²) in [7, 11) is -3.59. The number of sulfonamides is 1. The molecule has 0 saturated heterocycles. The Bertz CT molecular complexity index is 928. The maximum atomic E-state index is 13.1. The maximum Gasteiger partial charge on any atom is 0.243 e. The third-order valence-corrected chi connectivity index (χ3v) is 7.24. The third kappa shape index (κ3) is 3.68. The summed E-state index contributed by atoms with van der Waals surface area (Å²) >= 11 is 0. The van der Waals surface area contributed by atoms with Crippen LogP contribution >= 0.6 is 0 Å². The minimum absolute atomic E-state index is 0.0623. The first kappa shape index (κ1) is 19.4. The zero-order chi connectivity index (χ0) is 20.1. The summed E-state index contributed by atoms with van der Waals surface area (Å²) in [4.78, 5) is 14.3. The number of benzene rings is 1. The van der Waals surface area contributed by atoms with Crippen molar-refractivity contribution in [3.8, 4) is 5.75 Å². The van der Waals surface area contributed by atoms with Gasteiger partial charge in [0.25, 0.3) is 0 Å². The van der Waals surface area contributed by atoms with Gasteiger partial charge in [-0.1, -0.05) is 0 Å². The molecule has 152 valence electrons. The molecular formula is C20H26N2O5S. The Morgan fingerprint density at radius 1 is 1.18 bits per heavy atom. The topological polar surface area (TPSA) is 87.2 Å². The number of amides is 1. The minimum atomic E-state index is -3.59. The lowest BCUT2D eigenvalue weighted by Gasteiger charge is -2.25. The van der Waals surface area contributed by atoms with Gasteiger partial charge in [-0.2, -0.15) is 4.31 Å². The van der Waals surface area contributed by atoms with Crippen molar-refractivity contribution in [2.75, 3.05) is 32.8 Å². The first-order valence-corrected chi connectivity index (χ1v) is 11.0. The number of aryl methyl sites for hydroxylation is 1. The fourth-order valence-electron chi connectivity index (χ4n) is 4.02. The van der Waals surface area contributed by atoms with Gasteiger partial charge < -0.3 is 14.7 Å². The van der Waals surface area contributed by atoms with Crippen LogP contribution in [0.3, 0.4) is 0 Å². The molecule has 1 aromatic rings. The Labute approximate surface area is 165 Å². The molecule has 3 aliphatic rings. The van der Waals surface area contributed by atoms with Crippen molar-refractivity contribution in [1.29, 1.82) is 0 Å². The summed E-state index contributed by atoms with van der Waals surface area (Å²) < 4.78 is 33.3.